The first-order chi connectivity index (χ1) is 6.70. The van der Waals surface area contributed by atoms with Crippen LogP contribution in [0.5, 0.6) is 0 Å². The number of hydrogen-bond donors (Lipinski definition) is 1. The fourth-order valence-corrected chi connectivity index (χ4v) is 2.01. The summed E-state index contributed by atoms with van der Waals surface area (Å²) in [6, 6.07) is -0.284. The molecule has 0 bridgehead atoms. The number of nitrogens with zero attached hydrogens (tertiary/aromatic N) is 1. The second-order valence-corrected chi connectivity index (χ2v) is 3.84. The quantitative estimate of drug-likeness (QED) is 0.586. The molecule has 2 rings (SSSR count). The summed E-state index contributed by atoms with van der Waals surface area (Å²) in [6.07, 6.45) is 0.735. The Labute approximate surface area is 82.2 Å². The monoisotopic (exact) mass is 198 g/mol. The average molecular weight is 198 g/mol. The first kappa shape index (κ1) is 9.61. The van der Waals surface area contributed by atoms with Crippen molar-refractivity contribution in [2.45, 2.75) is 12.5 Å². The van der Waals surface area contributed by atoms with E-state index in [-0.39, 0.29) is 36.2 Å². The van der Waals surface area contributed by atoms with Gasteiger partial charge in [-0.15, -0.1) is 0 Å². The lowest BCUT2D eigenvalue weighted by molar-refractivity contribution is -0.145. The number of ether oxygens (including phenoxy) is 1. The van der Waals surface area contributed by atoms with Gasteiger partial charge in [0.05, 0.1) is 24.5 Å². The zero-order valence-corrected chi connectivity index (χ0v) is 8.10. The lowest BCUT2D eigenvalue weighted by atomic mass is 10.2. The second-order valence-electron chi connectivity index (χ2n) is 3.84. The van der Waals surface area contributed by atoms with E-state index in [0.717, 1.165) is 6.42 Å². The Bertz CT molecular complexity index is 259. The van der Waals surface area contributed by atoms with Crippen molar-refractivity contribution < 1.29 is 14.3 Å². The second kappa shape index (κ2) is 3.33. The summed E-state index contributed by atoms with van der Waals surface area (Å²) >= 11 is 0. The van der Waals surface area contributed by atoms with Gasteiger partial charge < -0.3 is 10.5 Å². The number of imide groups is 1. The van der Waals surface area contributed by atoms with E-state index in [2.05, 4.69) is 0 Å². The third kappa shape index (κ3) is 1.24. The van der Waals surface area contributed by atoms with Gasteiger partial charge >= 0.3 is 0 Å². The van der Waals surface area contributed by atoms with E-state index in [1.165, 1.54) is 12.0 Å². The van der Waals surface area contributed by atoms with Gasteiger partial charge in [0, 0.05) is 13.7 Å². The molecule has 2 aliphatic rings. The van der Waals surface area contributed by atoms with Crippen molar-refractivity contribution in [3.8, 4) is 0 Å². The molecular formula is C9H14N2O3. The van der Waals surface area contributed by atoms with Crippen LogP contribution in [0.25, 0.3) is 0 Å². The van der Waals surface area contributed by atoms with Crippen molar-refractivity contribution in [3.05, 3.63) is 0 Å². The maximum atomic E-state index is 11.6. The number of methoxy groups -OCH3 is 1. The van der Waals surface area contributed by atoms with Gasteiger partial charge in [-0.3, -0.25) is 14.5 Å². The van der Waals surface area contributed by atoms with Crippen LogP contribution in [0.4, 0.5) is 0 Å². The third-order valence-corrected chi connectivity index (χ3v) is 2.90. The topological polar surface area (TPSA) is 72.6 Å². The first-order valence-electron chi connectivity index (χ1n) is 4.76. The van der Waals surface area contributed by atoms with E-state index >= 15 is 0 Å². The molecule has 0 aromatic heterocycles. The number of nitrogens with two attached hydrogens (primary N) is 1. The molecule has 14 heavy (non-hydrogen) atoms. The fourth-order valence-electron chi connectivity index (χ4n) is 2.01. The van der Waals surface area contributed by atoms with E-state index in [4.69, 9.17) is 10.5 Å². The highest BCUT2D eigenvalue weighted by Gasteiger charge is 2.60. The van der Waals surface area contributed by atoms with Crippen LogP contribution >= 0.6 is 0 Å². The highest BCUT2D eigenvalue weighted by Crippen LogP contribution is 2.47. The Kier molecular flexibility index (Phi) is 2.28. The van der Waals surface area contributed by atoms with Crippen molar-refractivity contribution in [1.82, 2.24) is 4.90 Å². The van der Waals surface area contributed by atoms with Crippen LogP contribution in [-0.2, 0) is 14.3 Å². The van der Waals surface area contributed by atoms with Crippen molar-refractivity contribution in [3.63, 3.8) is 0 Å². The van der Waals surface area contributed by atoms with E-state index in [1.54, 1.807) is 0 Å². The molecule has 0 aromatic rings. The smallest absolute Gasteiger partial charge is 0.233 e. The lowest BCUT2D eigenvalue weighted by Gasteiger charge is -2.25. The Morgan fingerprint density at radius 2 is 2.07 bits per heavy atom. The highest BCUT2D eigenvalue weighted by molar-refractivity contribution is 6.09. The van der Waals surface area contributed by atoms with Gasteiger partial charge in [-0.2, -0.15) is 0 Å². The van der Waals surface area contributed by atoms with Gasteiger partial charge in [0.2, 0.25) is 11.8 Å². The molecule has 2 N–H and O–H groups in total. The molecule has 0 radical (unpaired) electrons. The minimum atomic E-state index is -0.284. The van der Waals surface area contributed by atoms with Crippen LogP contribution in [0.1, 0.15) is 6.42 Å². The number of fused-ring (bicyclic) bond motifs is 1. The number of amides is 2. The summed E-state index contributed by atoms with van der Waals surface area (Å²) in [7, 11) is 1.54. The van der Waals surface area contributed by atoms with Gasteiger partial charge in [0.15, 0.2) is 0 Å². The largest absolute Gasteiger partial charge is 0.382 e. The molecule has 1 saturated heterocycles. The first-order valence-corrected chi connectivity index (χ1v) is 4.76. The minimum absolute atomic E-state index is 0.0478. The zero-order valence-electron chi connectivity index (χ0n) is 8.10. The molecule has 1 aliphatic carbocycles. The fraction of sp³-hybridized carbons (Fsp3) is 0.778. The normalized spacial score (nSPS) is 32.0. The van der Waals surface area contributed by atoms with E-state index < -0.39 is 0 Å². The Morgan fingerprint density at radius 3 is 2.50 bits per heavy atom. The molecular weight excluding hydrogens is 184 g/mol. The predicted octanol–water partition coefficient (Wildman–Crippen LogP) is -1.03. The third-order valence-electron chi connectivity index (χ3n) is 2.90. The summed E-state index contributed by atoms with van der Waals surface area (Å²) in [5.41, 5.74) is 5.50. The number of carbonyl (C=O) groups excluding carboxylic acids is 2. The van der Waals surface area contributed by atoms with E-state index in [1.807, 2.05) is 0 Å². The number of likely N-dealkylation sites (tertiary alicyclic amines) is 1. The SMILES string of the molecule is COCC(CN)N1C(=O)C2CC2C1=O. The molecule has 5 heteroatoms. The Balaban J connectivity index is 2.09. The van der Waals surface area contributed by atoms with Gasteiger partial charge in [0.25, 0.3) is 0 Å². The molecule has 1 saturated carbocycles. The molecule has 0 spiro atoms. The summed E-state index contributed by atoms with van der Waals surface area (Å²) in [5, 5.41) is 0. The van der Waals surface area contributed by atoms with Crippen LogP contribution in [0.2, 0.25) is 0 Å². The molecule has 0 aromatic carbocycles. The molecule has 5 nitrogen and oxygen atoms in total. The predicted molar refractivity (Wildman–Crippen MR) is 48.2 cm³/mol. The molecule has 1 heterocycles. The summed E-state index contributed by atoms with van der Waals surface area (Å²) in [6.45, 7) is 0.595. The minimum Gasteiger partial charge on any atom is -0.382 e. The van der Waals surface area contributed by atoms with Crippen LogP contribution in [0.3, 0.4) is 0 Å². The van der Waals surface area contributed by atoms with Crippen LogP contribution in [-0.4, -0.2) is 43.0 Å². The van der Waals surface area contributed by atoms with Crippen molar-refractivity contribution in [2.24, 2.45) is 17.6 Å². The van der Waals surface area contributed by atoms with Crippen molar-refractivity contribution >= 4 is 11.8 Å². The number of hydrogen-bond acceptors (Lipinski definition) is 4. The summed E-state index contributed by atoms with van der Waals surface area (Å²) in [5.74, 6) is -0.221. The standard InChI is InChI=1S/C9H14N2O3/c1-14-4-5(3-10)11-8(12)6-2-7(6)9(11)13/h5-7H,2-4,10H2,1H3. The molecule has 3 unspecified atom stereocenters. The van der Waals surface area contributed by atoms with Crippen molar-refractivity contribution in [2.75, 3.05) is 20.3 Å². The van der Waals surface area contributed by atoms with Crippen LogP contribution in [0.15, 0.2) is 0 Å². The molecule has 3 atom stereocenters. The Morgan fingerprint density at radius 1 is 1.50 bits per heavy atom. The van der Waals surface area contributed by atoms with E-state index in [0.29, 0.717) is 6.61 Å². The number of carbonyl (C=O) groups is 2. The molecule has 2 amide bonds. The number of piperidine rings is 1. The van der Waals surface area contributed by atoms with Crippen LogP contribution in [0, 0.1) is 11.8 Å². The van der Waals surface area contributed by atoms with Gasteiger partial charge in [-0.1, -0.05) is 0 Å². The maximum absolute atomic E-state index is 11.6. The van der Waals surface area contributed by atoms with Crippen molar-refractivity contribution in [1.29, 1.82) is 0 Å². The Hall–Kier alpha value is -0.940. The number of rotatable bonds is 4. The lowest BCUT2D eigenvalue weighted by Crippen LogP contribution is -2.48. The average Bonchev–Trinajstić information content (AvgIpc) is 2.91. The molecule has 78 valence electrons. The van der Waals surface area contributed by atoms with Gasteiger partial charge in [-0.05, 0) is 6.42 Å². The molecule has 1 aliphatic heterocycles. The van der Waals surface area contributed by atoms with Gasteiger partial charge in [-0.25, -0.2) is 0 Å². The van der Waals surface area contributed by atoms with E-state index in [9.17, 15) is 9.59 Å². The van der Waals surface area contributed by atoms with Crippen LogP contribution < -0.4 is 5.73 Å². The van der Waals surface area contributed by atoms with Gasteiger partial charge in [0.1, 0.15) is 0 Å². The molecule has 2 fully saturated rings. The highest BCUT2D eigenvalue weighted by atomic mass is 16.5. The summed E-state index contributed by atoms with van der Waals surface area (Å²) < 4.78 is 4.93. The zero-order chi connectivity index (χ0) is 10.3. The maximum Gasteiger partial charge on any atom is 0.233 e. The summed E-state index contributed by atoms with van der Waals surface area (Å²) in [4.78, 5) is 24.5.